The van der Waals surface area contributed by atoms with Gasteiger partial charge in [0.05, 0.1) is 11.1 Å². The summed E-state index contributed by atoms with van der Waals surface area (Å²) in [6, 6.07) is 7.79. The summed E-state index contributed by atoms with van der Waals surface area (Å²) in [6.07, 6.45) is 2.21. The van der Waals surface area contributed by atoms with Crippen LogP contribution in [0.25, 0.3) is 0 Å². The molecule has 0 aliphatic carbocycles. The van der Waals surface area contributed by atoms with Crippen molar-refractivity contribution in [1.82, 2.24) is 4.90 Å². The number of hydrogen-bond donors (Lipinski definition) is 1. The van der Waals surface area contributed by atoms with E-state index in [1.54, 1.807) is 0 Å². The average molecular weight is 216 g/mol. The summed E-state index contributed by atoms with van der Waals surface area (Å²) in [6.45, 7) is 3.93. The Labute approximate surface area is 95.4 Å². The van der Waals surface area contributed by atoms with E-state index in [0.29, 0.717) is 0 Å². The topological polar surface area (TPSA) is 32.3 Å². The van der Waals surface area contributed by atoms with Gasteiger partial charge >= 0.3 is 0 Å². The smallest absolute Gasteiger partial charge is 0.256 e. The molecule has 3 nitrogen and oxygen atoms in total. The van der Waals surface area contributed by atoms with E-state index in [0.717, 1.165) is 37.2 Å². The molecule has 0 radical (unpaired) electrons. The molecule has 1 aromatic carbocycles. The van der Waals surface area contributed by atoms with Crippen molar-refractivity contribution in [2.45, 2.75) is 25.3 Å². The fraction of sp³-hybridized carbons (Fsp3) is 0.462. The van der Waals surface area contributed by atoms with Gasteiger partial charge in [0.15, 0.2) is 0 Å². The number of fused-ring (bicyclic) bond motifs is 2. The lowest BCUT2D eigenvalue weighted by atomic mass is 9.99. The summed E-state index contributed by atoms with van der Waals surface area (Å²) < 4.78 is 0. The van der Waals surface area contributed by atoms with Crippen molar-refractivity contribution in [3.63, 3.8) is 0 Å². The highest BCUT2D eigenvalue weighted by Crippen LogP contribution is 2.34. The Morgan fingerprint density at radius 3 is 3.06 bits per heavy atom. The number of carbonyl (C=O) groups is 1. The van der Waals surface area contributed by atoms with Gasteiger partial charge in [-0.25, -0.2) is 0 Å². The van der Waals surface area contributed by atoms with Crippen molar-refractivity contribution >= 4 is 11.6 Å². The van der Waals surface area contributed by atoms with Gasteiger partial charge in [0, 0.05) is 18.8 Å². The molecule has 0 saturated carbocycles. The second-order valence-corrected chi connectivity index (χ2v) is 4.96. The van der Waals surface area contributed by atoms with Gasteiger partial charge in [-0.1, -0.05) is 12.1 Å². The summed E-state index contributed by atoms with van der Waals surface area (Å²) >= 11 is 0. The van der Waals surface area contributed by atoms with E-state index in [2.05, 4.69) is 12.2 Å². The van der Waals surface area contributed by atoms with Crippen molar-refractivity contribution in [1.29, 1.82) is 0 Å². The van der Waals surface area contributed by atoms with E-state index in [4.69, 9.17) is 0 Å². The molecule has 1 aromatic rings. The van der Waals surface area contributed by atoms with Gasteiger partial charge in [-0.15, -0.1) is 0 Å². The fourth-order valence-corrected chi connectivity index (χ4v) is 2.81. The standard InChI is InChI=1S/C13H16N2O/c1-13-7-4-8-15(13)12(16)10-5-2-3-6-11(10)14-9-13/h2-3,5-6,14H,4,7-9H2,1H3/t13-/m0/s1. The lowest BCUT2D eigenvalue weighted by Gasteiger charge is -2.33. The van der Waals surface area contributed by atoms with E-state index < -0.39 is 0 Å². The third-order valence-electron chi connectivity index (χ3n) is 3.81. The van der Waals surface area contributed by atoms with Crippen molar-refractivity contribution < 1.29 is 4.79 Å². The summed E-state index contributed by atoms with van der Waals surface area (Å²) in [4.78, 5) is 14.4. The van der Waals surface area contributed by atoms with Crippen molar-refractivity contribution in [2.24, 2.45) is 0 Å². The molecule has 1 amide bonds. The van der Waals surface area contributed by atoms with Crippen molar-refractivity contribution in [3.8, 4) is 0 Å². The number of carbonyl (C=O) groups excluding carboxylic acids is 1. The maximum absolute atomic E-state index is 12.4. The van der Waals surface area contributed by atoms with Crippen LogP contribution in [0.3, 0.4) is 0 Å². The number of anilines is 1. The average Bonchev–Trinajstić information content (AvgIpc) is 2.64. The van der Waals surface area contributed by atoms with Crippen LogP contribution in [0.15, 0.2) is 24.3 Å². The molecule has 2 heterocycles. The highest BCUT2D eigenvalue weighted by atomic mass is 16.2. The molecule has 3 heteroatoms. The summed E-state index contributed by atoms with van der Waals surface area (Å²) in [5.74, 6) is 0.181. The Hall–Kier alpha value is -1.51. The number of amides is 1. The van der Waals surface area contributed by atoms with Crippen LogP contribution in [-0.4, -0.2) is 29.4 Å². The van der Waals surface area contributed by atoms with Crippen molar-refractivity contribution in [2.75, 3.05) is 18.4 Å². The van der Waals surface area contributed by atoms with Crippen molar-refractivity contribution in [3.05, 3.63) is 29.8 Å². The minimum absolute atomic E-state index is 0.00387. The maximum Gasteiger partial charge on any atom is 0.256 e. The molecule has 1 saturated heterocycles. The zero-order valence-corrected chi connectivity index (χ0v) is 9.49. The third-order valence-corrected chi connectivity index (χ3v) is 3.81. The minimum atomic E-state index is -0.00387. The highest BCUT2D eigenvalue weighted by molar-refractivity contribution is 6.00. The SMILES string of the molecule is C[C@@]12CCCN1C(=O)c1ccccc1NC2. The normalized spacial score (nSPS) is 28.1. The summed E-state index contributed by atoms with van der Waals surface area (Å²) in [7, 11) is 0. The van der Waals surface area contributed by atoms with E-state index >= 15 is 0 Å². The van der Waals surface area contributed by atoms with Gasteiger partial charge < -0.3 is 10.2 Å². The molecule has 1 fully saturated rings. The Morgan fingerprint density at radius 1 is 1.38 bits per heavy atom. The molecular weight excluding hydrogens is 200 g/mol. The molecule has 16 heavy (non-hydrogen) atoms. The van der Waals surface area contributed by atoms with Gasteiger partial charge in [-0.2, -0.15) is 0 Å². The third kappa shape index (κ3) is 1.24. The van der Waals surface area contributed by atoms with Crippen LogP contribution >= 0.6 is 0 Å². The molecule has 0 unspecified atom stereocenters. The van der Waals surface area contributed by atoms with E-state index in [-0.39, 0.29) is 11.4 Å². The second-order valence-electron chi connectivity index (χ2n) is 4.96. The number of para-hydroxylation sites is 1. The van der Waals surface area contributed by atoms with E-state index in [1.165, 1.54) is 0 Å². The summed E-state index contributed by atoms with van der Waals surface area (Å²) in [5.41, 5.74) is 1.78. The number of benzene rings is 1. The van der Waals surface area contributed by atoms with Gasteiger partial charge in [-0.3, -0.25) is 4.79 Å². The first kappa shape index (κ1) is 9.70. The summed E-state index contributed by atoms with van der Waals surface area (Å²) in [5, 5.41) is 3.40. The predicted molar refractivity (Wildman–Crippen MR) is 63.6 cm³/mol. The number of nitrogens with zero attached hydrogens (tertiary/aromatic N) is 1. The van der Waals surface area contributed by atoms with Crippen LogP contribution in [0, 0.1) is 0 Å². The van der Waals surface area contributed by atoms with E-state index in [9.17, 15) is 4.79 Å². The van der Waals surface area contributed by atoms with Gasteiger partial charge in [0.1, 0.15) is 0 Å². The first-order chi connectivity index (χ1) is 7.71. The number of hydrogen-bond acceptors (Lipinski definition) is 2. The first-order valence-corrected chi connectivity index (χ1v) is 5.86. The Bertz CT molecular complexity index is 443. The van der Waals surface area contributed by atoms with Gasteiger partial charge in [0.25, 0.3) is 5.91 Å². The molecule has 84 valence electrons. The maximum atomic E-state index is 12.4. The first-order valence-electron chi connectivity index (χ1n) is 5.86. The molecule has 1 atom stereocenters. The Morgan fingerprint density at radius 2 is 2.19 bits per heavy atom. The van der Waals surface area contributed by atoms with E-state index in [1.807, 2.05) is 29.2 Å². The molecule has 3 rings (SSSR count). The van der Waals surface area contributed by atoms with Crippen LogP contribution in [0.5, 0.6) is 0 Å². The number of nitrogens with one attached hydrogen (secondary N) is 1. The molecule has 0 aromatic heterocycles. The van der Waals surface area contributed by atoms with Crippen LogP contribution < -0.4 is 5.32 Å². The zero-order chi connectivity index (χ0) is 11.2. The lowest BCUT2D eigenvalue weighted by molar-refractivity contribution is 0.0653. The fourth-order valence-electron chi connectivity index (χ4n) is 2.81. The Kier molecular flexibility index (Phi) is 1.96. The van der Waals surface area contributed by atoms with Crippen LogP contribution in [0.4, 0.5) is 5.69 Å². The minimum Gasteiger partial charge on any atom is -0.382 e. The molecule has 2 aliphatic rings. The molecule has 0 bridgehead atoms. The Balaban J connectivity index is 2.08. The highest BCUT2D eigenvalue weighted by Gasteiger charge is 2.42. The quantitative estimate of drug-likeness (QED) is 0.720. The molecular formula is C13H16N2O. The largest absolute Gasteiger partial charge is 0.382 e. The predicted octanol–water partition coefficient (Wildman–Crippen LogP) is 2.11. The zero-order valence-electron chi connectivity index (χ0n) is 9.49. The van der Waals surface area contributed by atoms with Crippen LogP contribution in [0.2, 0.25) is 0 Å². The van der Waals surface area contributed by atoms with Crippen LogP contribution in [0.1, 0.15) is 30.1 Å². The molecule has 0 spiro atoms. The van der Waals surface area contributed by atoms with Gasteiger partial charge in [-0.05, 0) is 31.9 Å². The van der Waals surface area contributed by atoms with Gasteiger partial charge in [0.2, 0.25) is 0 Å². The van der Waals surface area contributed by atoms with Crippen LogP contribution in [-0.2, 0) is 0 Å². The number of rotatable bonds is 0. The molecule has 1 N–H and O–H groups in total. The second kappa shape index (κ2) is 3.24. The lowest BCUT2D eigenvalue weighted by Crippen LogP contribution is -2.47. The molecule has 2 aliphatic heterocycles. The monoisotopic (exact) mass is 216 g/mol.